The highest BCUT2D eigenvalue weighted by molar-refractivity contribution is 7.15. The van der Waals surface area contributed by atoms with Crippen molar-refractivity contribution < 1.29 is 9.53 Å². The molecular weight excluding hydrogens is 359 g/mol. The summed E-state index contributed by atoms with van der Waals surface area (Å²) in [7, 11) is 1.62. The number of benzene rings is 1. The molecule has 0 aliphatic rings. The van der Waals surface area contributed by atoms with Crippen LogP contribution in [-0.2, 0) is 16.0 Å². The maximum atomic E-state index is 11.7. The Morgan fingerprint density at radius 1 is 1.39 bits per heavy atom. The van der Waals surface area contributed by atoms with Crippen LogP contribution in [0.15, 0.2) is 24.3 Å². The molecule has 0 atom stereocenters. The van der Waals surface area contributed by atoms with Crippen LogP contribution in [0, 0.1) is 0 Å². The Bertz CT molecular complexity index is 624. The van der Waals surface area contributed by atoms with Gasteiger partial charge < -0.3 is 10.1 Å². The minimum Gasteiger partial charge on any atom is -0.383 e. The van der Waals surface area contributed by atoms with E-state index in [0.717, 1.165) is 10.6 Å². The van der Waals surface area contributed by atoms with Crippen LogP contribution < -0.4 is 10.6 Å². The minimum absolute atomic E-state index is 0. The molecule has 2 N–H and O–H groups in total. The van der Waals surface area contributed by atoms with Crippen LogP contribution >= 0.6 is 35.3 Å². The number of anilines is 1. The third kappa shape index (κ3) is 7.24. The van der Waals surface area contributed by atoms with Gasteiger partial charge >= 0.3 is 0 Å². The molecular formula is C14H18Cl2N4O2S. The molecule has 6 nitrogen and oxygen atoms in total. The number of aromatic nitrogens is 2. The van der Waals surface area contributed by atoms with Gasteiger partial charge in [0.1, 0.15) is 5.01 Å². The van der Waals surface area contributed by atoms with Crippen LogP contribution in [0.2, 0.25) is 5.02 Å². The van der Waals surface area contributed by atoms with Crippen LogP contribution in [0.25, 0.3) is 0 Å². The number of hydrogen-bond donors (Lipinski definition) is 2. The zero-order chi connectivity index (χ0) is 15.8. The second-order valence-corrected chi connectivity index (χ2v) is 6.02. The Labute approximate surface area is 150 Å². The van der Waals surface area contributed by atoms with Gasteiger partial charge in [0.25, 0.3) is 0 Å². The van der Waals surface area contributed by atoms with E-state index in [1.165, 1.54) is 11.3 Å². The lowest BCUT2D eigenvalue weighted by Crippen LogP contribution is -2.30. The van der Waals surface area contributed by atoms with E-state index >= 15 is 0 Å². The number of nitrogens with one attached hydrogen (secondary N) is 2. The first-order valence-electron chi connectivity index (χ1n) is 6.73. The fourth-order valence-corrected chi connectivity index (χ4v) is 2.74. The minimum atomic E-state index is -0.151. The number of halogens is 2. The molecule has 0 saturated carbocycles. The molecule has 0 bridgehead atoms. The number of methoxy groups -OCH3 is 1. The van der Waals surface area contributed by atoms with Crippen molar-refractivity contribution in [1.29, 1.82) is 0 Å². The van der Waals surface area contributed by atoms with Crippen LogP contribution in [-0.4, -0.2) is 42.9 Å². The standard InChI is InChI=1S/C14H17ClN4O2S.ClH/c1-21-6-5-16-9-12(20)17-14-19-18-13(22-14)8-10-3-2-4-11(15)7-10;/h2-4,7,16H,5-6,8-9H2,1H3,(H,17,19,20);1H. The van der Waals surface area contributed by atoms with Crippen LogP contribution in [0.5, 0.6) is 0 Å². The number of rotatable bonds is 8. The lowest BCUT2D eigenvalue weighted by molar-refractivity contribution is -0.115. The maximum Gasteiger partial charge on any atom is 0.240 e. The number of ether oxygens (including phenoxy) is 1. The van der Waals surface area contributed by atoms with E-state index in [4.69, 9.17) is 16.3 Å². The fraction of sp³-hybridized carbons (Fsp3) is 0.357. The van der Waals surface area contributed by atoms with E-state index < -0.39 is 0 Å². The van der Waals surface area contributed by atoms with Crippen LogP contribution in [0.1, 0.15) is 10.6 Å². The van der Waals surface area contributed by atoms with E-state index in [1.54, 1.807) is 7.11 Å². The summed E-state index contributed by atoms with van der Waals surface area (Å²) < 4.78 is 4.89. The number of amides is 1. The predicted octanol–water partition coefficient (Wildman–Crippen LogP) is 2.38. The van der Waals surface area contributed by atoms with E-state index in [-0.39, 0.29) is 24.9 Å². The highest BCUT2D eigenvalue weighted by atomic mass is 35.5. The summed E-state index contributed by atoms with van der Waals surface area (Å²) >= 11 is 7.31. The Kier molecular flexibility index (Phi) is 9.05. The molecule has 0 fully saturated rings. The van der Waals surface area contributed by atoms with E-state index in [0.29, 0.717) is 29.7 Å². The lowest BCUT2D eigenvalue weighted by atomic mass is 10.2. The third-order valence-corrected chi connectivity index (χ3v) is 3.80. The molecule has 0 aliphatic heterocycles. The first-order valence-corrected chi connectivity index (χ1v) is 7.93. The molecule has 1 amide bonds. The average molecular weight is 377 g/mol. The molecule has 0 spiro atoms. The average Bonchev–Trinajstić information content (AvgIpc) is 2.91. The molecule has 0 unspecified atom stereocenters. The predicted molar refractivity (Wildman–Crippen MR) is 94.8 cm³/mol. The summed E-state index contributed by atoms with van der Waals surface area (Å²) in [5, 5.41) is 15.7. The summed E-state index contributed by atoms with van der Waals surface area (Å²) in [5.41, 5.74) is 1.06. The zero-order valence-electron chi connectivity index (χ0n) is 12.5. The summed E-state index contributed by atoms with van der Waals surface area (Å²) in [6.07, 6.45) is 0.639. The maximum absolute atomic E-state index is 11.7. The third-order valence-electron chi connectivity index (χ3n) is 2.73. The Balaban J connectivity index is 0.00000264. The van der Waals surface area contributed by atoms with Crippen molar-refractivity contribution in [2.24, 2.45) is 0 Å². The van der Waals surface area contributed by atoms with Crippen LogP contribution in [0.4, 0.5) is 5.13 Å². The van der Waals surface area contributed by atoms with Crippen molar-refractivity contribution >= 4 is 46.4 Å². The molecule has 0 aliphatic carbocycles. The topological polar surface area (TPSA) is 76.1 Å². The van der Waals surface area contributed by atoms with Crippen molar-refractivity contribution in [2.75, 3.05) is 32.1 Å². The summed E-state index contributed by atoms with van der Waals surface area (Å²) in [6, 6.07) is 7.59. The molecule has 2 aromatic rings. The van der Waals surface area contributed by atoms with Gasteiger partial charge in [-0.3, -0.25) is 10.1 Å². The van der Waals surface area contributed by atoms with E-state index in [2.05, 4.69) is 20.8 Å². The monoisotopic (exact) mass is 376 g/mol. The number of carbonyl (C=O) groups is 1. The normalized spacial score (nSPS) is 10.2. The molecule has 126 valence electrons. The highest BCUT2D eigenvalue weighted by Gasteiger charge is 2.08. The van der Waals surface area contributed by atoms with Gasteiger partial charge in [-0.05, 0) is 17.7 Å². The molecule has 1 aromatic heterocycles. The molecule has 2 rings (SSSR count). The largest absolute Gasteiger partial charge is 0.383 e. The van der Waals surface area contributed by atoms with Gasteiger partial charge in [0.15, 0.2) is 0 Å². The second kappa shape index (κ2) is 10.5. The van der Waals surface area contributed by atoms with Gasteiger partial charge in [-0.15, -0.1) is 22.6 Å². The van der Waals surface area contributed by atoms with Gasteiger partial charge in [-0.1, -0.05) is 35.1 Å². The molecule has 0 radical (unpaired) electrons. The molecule has 1 aromatic carbocycles. The fourth-order valence-electron chi connectivity index (χ4n) is 1.74. The van der Waals surface area contributed by atoms with Crippen molar-refractivity contribution in [2.45, 2.75) is 6.42 Å². The Morgan fingerprint density at radius 2 is 2.22 bits per heavy atom. The first-order chi connectivity index (χ1) is 10.7. The highest BCUT2D eigenvalue weighted by Crippen LogP contribution is 2.20. The lowest BCUT2D eigenvalue weighted by Gasteiger charge is -2.03. The first kappa shape index (κ1) is 19.8. The van der Waals surface area contributed by atoms with Gasteiger partial charge in [0, 0.05) is 25.1 Å². The SMILES string of the molecule is COCCNCC(=O)Nc1nnc(Cc2cccc(Cl)c2)s1.Cl. The quantitative estimate of drug-likeness (QED) is 0.691. The number of nitrogens with zero attached hydrogens (tertiary/aromatic N) is 2. The van der Waals surface area contributed by atoms with Crippen molar-refractivity contribution in [3.05, 3.63) is 39.9 Å². The van der Waals surface area contributed by atoms with Crippen molar-refractivity contribution in [3.63, 3.8) is 0 Å². The molecule has 1 heterocycles. The Morgan fingerprint density at radius 3 is 2.96 bits per heavy atom. The van der Waals surface area contributed by atoms with Crippen molar-refractivity contribution in [3.8, 4) is 0 Å². The summed E-state index contributed by atoms with van der Waals surface area (Å²) in [5.74, 6) is -0.151. The number of carbonyl (C=O) groups excluding carboxylic acids is 1. The molecule has 23 heavy (non-hydrogen) atoms. The molecule has 0 saturated heterocycles. The Hall–Kier alpha value is -1.25. The van der Waals surface area contributed by atoms with Crippen molar-refractivity contribution in [1.82, 2.24) is 15.5 Å². The zero-order valence-corrected chi connectivity index (χ0v) is 14.9. The van der Waals surface area contributed by atoms with Gasteiger partial charge in [-0.25, -0.2) is 0 Å². The smallest absolute Gasteiger partial charge is 0.240 e. The molecule has 9 heteroatoms. The van der Waals surface area contributed by atoms with Gasteiger partial charge in [-0.2, -0.15) is 0 Å². The van der Waals surface area contributed by atoms with Gasteiger partial charge in [0.05, 0.1) is 13.2 Å². The van der Waals surface area contributed by atoms with E-state index in [1.807, 2.05) is 24.3 Å². The summed E-state index contributed by atoms with van der Waals surface area (Å²) in [4.78, 5) is 11.7. The number of hydrogen-bond acceptors (Lipinski definition) is 6. The van der Waals surface area contributed by atoms with E-state index in [9.17, 15) is 4.79 Å². The second-order valence-electron chi connectivity index (χ2n) is 4.53. The van der Waals surface area contributed by atoms with Gasteiger partial charge in [0.2, 0.25) is 11.0 Å². The van der Waals surface area contributed by atoms with Crippen LogP contribution in [0.3, 0.4) is 0 Å². The summed E-state index contributed by atoms with van der Waals surface area (Å²) in [6.45, 7) is 1.41.